The van der Waals surface area contributed by atoms with Crippen molar-refractivity contribution in [2.24, 2.45) is 0 Å². The molecule has 1 N–H and O–H groups in total. The topological polar surface area (TPSA) is 20.2 Å². The van der Waals surface area contributed by atoms with Crippen molar-refractivity contribution >= 4 is 0 Å². The van der Waals surface area contributed by atoms with Gasteiger partial charge in [-0.05, 0) is 25.5 Å². The molecule has 0 aliphatic carbocycles. The van der Waals surface area contributed by atoms with Gasteiger partial charge in [0.2, 0.25) is 0 Å². The lowest BCUT2D eigenvalue weighted by Crippen LogP contribution is -1.83. The molecule has 2 aromatic rings. The maximum Gasteiger partial charge on any atom is 0.123 e. The maximum absolute atomic E-state index is 9.75. The molecule has 15 heavy (non-hydrogen) atoms. The Balaban J connectivity index is 2.59. The first-order chi connectivity index (χ1) is 7.16. The van der Waals surface area contributed by atoms with Gasteiger partial charge in [-0.1, -0.05) is 47.5 Å². The zero-order valence-corrected chi connectivity index (χ0v) is 8.99. The number of hydrogen-bond donors (Lipinski definition) is 1. The number of hydrogen-bond acceptors (Lipinski definition) is 1. The van der Waals surface area contributed by atoms with Crippen molar-refractivity contribution < 1.29 is 5.11 Å². The second kappa shape index (κ2) is 3.77. The van der Waals surface area contributed by atoms with E-state index in [0.717, 1.165) is 11.1 Å². The highest BCUT2D eigenvalue weighted by Gasteiger charge is 2.03. The lowest BCUT2D eigenvalue weighted by Gasteiger charge is -2.06. The smallest absolute Gasteiger partial charge is 0.123 e. The average Bonchev–Trinajstić information content (AvgIpc) is 2.16. The van der Waals surface area contributed by atoms with E-state index in [1.165, 1.54) is 11.1 Å². The van der Waals surface area contributed by atoms with Crippen molar-refractivity contribution in [2.75, 3.05) is 0 Å². The van der Waals surface area contributed by atoms with Gasteiger partial charge in [0.1, 0.15) is 5.75 Å². The van der Waals surface area contributed by atoms with E-state index in [0.29, 0.717) is 5.75 Å². The second-order valence-electron chi connectivity index (χ2n) is 3.89. The minimum atomic E-state index is 0.336. The van der Waals surface area contributed by atoms with Crippen molar-refractivity contribution in [3.8, 4) is 16.9 Å². The van der Waals surface area contributed by atoms with Crippen LogP contribution in [-0.2, 0) is 0 Å². The van der Waals surface area contributed by atoms with Crippen molar-refractivity contribution in [2.45, 2.75) is 13.8 Å². The Morgan fingerprint density at radius 2 is 1.47 bits per heavy atom. The zero-order chi connectivity index (χ0) is 10.8. The van der Waals surface area contributed by atoms with Crippen LogP contribution in [0.3, 0.4) is 0 Å². The second-order valence-corrected chi connectivity index (χ2v) is 3.89. The molecular weight excluding hydrogens is 184 g/mol. The molecule has 1 nitrogen and oxygen atoms in total. The minimum absolute atomic E-state index is 0.336. The Kier molecular flexibility index (Phi) is 2.46. The number of aromatic hydroxyl groups is 1. The number of benzene rings is 2. The van der Waals surface area contributed by atoms with E-state index >= 15 is 0 Å². The first-order valence-electron chi connectivity index (χ1n) is 5.03. The highest BCUT2D eigenvalue weighted by Crippen LogP contribution is 2.29. The molecule has 0 atom stereocenters. The first kappa shape index (κ1) is 9.78. The van der Waals surface area contributed by atoms with E-state index in [2.05, 4.69) is 32.0 Å². The summed E-state index contributed by atoms with van der Waals surface area (Å²) in [4.78, 5) is 0. The van der Waals surface area contributed by atoms with E-state index in [-0.39, 0.29) is 0 Å². The monoisotopic (exact) mass is 198 g/mol. The molecule has 0 fully saturated rings. The number of phenolic OH excluding ortho intramolecular Hbond substituents is 1. The summed E-state index contributed by atoms with van der Waals surface area (Å²) in [6.07, 6.45) is 0. The number of rotatable bonds is 1. The summed E-state index contributed by atoms with van der Waals surface area (Å²) in [6.45, 7) is 4.13. The molecule has 0 aliphatic heterocycles. The molecule has 2 rings (SSSR count). The van der Waals surface area contributed by atoms with Crippen LogP contribution >= 0.6 is 0 Å². The molecule has 0 aliphatic rings. The SMILES string of the molecule is Cc1cc(C)cc(-c2ccccc2O)c1. The van der Waals surface area contributed by atoms with E-state index in [9.17, 15) is 5.11 Å². The third-order valence-electron chi connectivity index (χ3n) is 2.44. The van der Waals surface area contributed by atoms with Crippen LogP contribution in [-0.4, -0.2) is 5.11 Å². The molecule has 0 bridgehead atoms. The van der Waals surface area contributed by atoms with Crippen molar-refractivity contribution in [3.05, 3.63) is 53.6 Å². The van der Waals surface area contributed by atoms with Crippen LogP contribution in [0.1, 0.15) is 11.1 Å². The minimum Gasteiger partial charge on any atom is -0.507 e. The Bertz CT molecular complexity index is 466. The van der Waals surface area contributed by atoms with E-state index in [1.807, 2.05) is 18.2 Å². The van der Waals surface area contributed by atoms with Crippen LogP contribution in [0, 0.1) is 13.8 Å². The predicted molar refractivity (Wildman–Crippen MR) is 63.0 cm³/mol. The van der Waals surface area contributed by atoms with Gasteiger partial charge in [-0.2, -0.15) is 0 Å². The fraction of sp³-hybridized carbons (Fsp3) is 0.143. The Hall–Kier alpha value is -1.76. The van der Waals surface area contributed by atoms with Gasteiger partial charge in [-0.15, -0.1) is 0 Å². The molecule has 0 heterocycles. The molecular formula is C14H14O. The fourth-order valence-corrected chi connectivity index (χ4v) is 1.85. The Morgan fingerprint density at radius 1 is 0.867 bits per heavy atom. The van der Waals surface area contributed by atoms with Crippen LogP contribution in [0.15, 0.2) is 42.5 Å². The summed E-state index contributed by atoms with van der Waals surface area (Å²) in [5.74, 6) is 0.336. The van der Waals surface area contributed by atoms with Gasteiger partial charge in [-0.3, -0.25) is 0 Å². The zero-order valence-electron chi connectivity index (χ0n) is 8.99. The highest BCUT2D eigenvalue weighted by molar-refractivity contribution is 5.71. The van der Waals surface area contributed by atoms with Gasteiger partial charge >= 0.3 is 0 Å². The summed E-state index contributed by atoms with van der Waals surface area (Å²) in [5, 5.41) is 9.75. The lowest BCUT2D eigenvalue weighted by molar-refractivity contribution is 0.477. The Labute approximate surface area is 90.0 Å². The predicted octanol–water partition coefficient (Wildman–Crippen LogP) is 3.68. The number of phenols is 1. The molecule has 0 saturated carbocycles. The highest BCUT2D eigenvalue weighted by atomic mass is 16.3. The molecule has 76 valence electrons. The van der Waals surface area contributed by atoms with Gasteiger partial charge < -0.3 is 5.11 Å². The lowest BCUT2D eigenvalue weighted by atomic mass is 10.0. The summed E-state index contributed by atoms with van der Waals surface area (Å²) in [5.41, 5.74) is 4.40. The summed E-state index contributed by atoms with van der Waals surface area (Å²) < 4.78 is 0. The van der Waals surface area contributed by atoms with Crippen molar-refractivity contribution in [1.29, 1.82) is 0 Å². The van der Waals surface area contributed by atoms with Crippen molar-refractivity contribution in [3.63, 3.8) is 0 Å². The summed E-state index contributed by atoms with van der Waals surface area (Å²) in [7, 11) is 0. The normalized spacial score (nSPS) is 10.3. The molecule has 0 saturated heterocycles. The molecule has 2 aromatic carbocycles. The largest absolute Gasteiger partial charge is 0.507 e. The van der Waals surface area contributed by atoms with Gasteiger partial charge in [0.05, 0.1) is 0 Å². The molecule has 0 radical (unpaired) electrons. The van der Waals surface area contributed by atoms with Gasteiger partial charge in [-0.25, -0.2) is 0 Å². The molecule has 0 amide bonds. The van der Waals surface area contributed by atoms with Gasteiger partial charge in [0, 0.05) is 5.56 Å². The number of para-hydroxylation sites is 1. The van der Waals surface area contributed by atoms with Crippen molar-refractivity contribution in [1.82, 2.24) is 0 Å². The maximum atomic E-state index is 9.75. The van der Waals surface area contributed by atoms with E-state index in [4.69, 9.17) is 0 Å². The van der Waals surface area contributed by atoms with Crippen LogP contribution in [0.5, 0.6) is 5.75 Å². The van der Waals surface area contributed by atoms with Gasteiger partial charge in [0.25, 0.3) is 0 Å². The van der Waals surface area contributed by atoms with Crippen LogP contribution in [0.25, 0.3) is 11.1 Å². The molecule has 0 aromatic heterocycles. The quantitative estimate of drug-likeness (QED) is 0.741. The third kappa shape index (κ3) is 2.01. The molecule has 1 heteroatoms. The third-order valence-corrected chi connectivity index (χ3v) is 2.44. The van der Waals surface area contributed by atoms with Crippen LogP contribution in [0.4, 0.5) is 0 Å². The summed E-state index contributed by atoms with van der Waals surface area (Å²) >= 11 is 0. The standard InChI is InChI=1S/C14H14O/c1-10-7-11(2)9-12(8-10)13-5-3-4-6-14(13)15/h3-9,15H,1-2H3. The summed E-state index contributed by atoms with van der Waals surface area (Å²) in [6, 6.07) is 13.7. The Morgan fingerprint density at radius 3 is 2.07 bits per heavy atom. The molecule has 0 spiro atoms. The molecule has 0 unspecified atom stereocenters. The first-order valence-corrected chi connectivity index (χ1v) is 5.03. The van der Waals surface area contributed by atoms with Crippen LogP contribution < -0.4 is 0 Å². The fourth-order valence-electron chi connectivity index (χ4n) is 1.85. The average molecular weight is 198 g/mol. The number of aryl methyl sites for hydroxylation is 2. The van der Waals surface area contributed by atoms with E-state index < -0.39 is 0 Å². The van der Waals surface area contributed by atoms with Gasteiger partial charge in [0.15, 0.2) is 0 Å². The van der Waals surface area contributed by atoms with E-state index in [1.54, 1.807) is 6.07 Å². The van der Waals surface area contributed by atoms with Crippen LogP contribution in [0.2, 0.25) is 0 Å².